The van der Waals surface area contributed by atoms with E-state index in [4.69, 9.17) is 18.6 Å². The highest BCUT2D eigenvalue weighted by Crippen LogP contribution is 2.59. The van der Waals surface area contributed by atoms with E-state index in [2.05, 4.69) is 0 Å². The Labute approximate surface area is 197 Å². The number of rotatable bonds is 5. The number of ketones is 2. The van der Waals surface area contributed by atoms with Crippen LogP contribution < -0.4 is 0 Å². The van der Waals surface area contributed by atoms with Gasteiger partial charge in [0, 0.05) is 11.1 Å². The summed E-state index contributed by atoms with van der Waals surface area (Å²) in [5, 5.41) is 0. The van der Waals surface area contributed by atoms with E-state index in [0.717, 1.165) is 0 Å². The Kier molecular flexibility index (Phi) is 4.95. The predicted molar refractivity (Wildman–Crippen MR) is 121 cm³/mol. The second-order valence-corrected chi connectivity index (χ2v) is 14.2. The van der Waals surface area contributed by atoms with E-state index >= 15 is 0 Å². The molecule has 0 unspecified atom stereocenters. The lowest BCUT2D eigenvalue weighted by molar-refractivity contribution is -0.179. The number of carbonyl (C=O) groups excluding carboxylic acids is 4. The van der Waals surface area contributed by atoms with Gasteiger partial charge < -0.3 is 18.6 Å². The van der Waals surface area contributed by atoms with Crippen molar-refractivity contribution in [2.45, 2.75) is 49.5 Å². The molecule has 0 amide bonds. The summed E-state index contributed by atoms with van der Waals surface area (Å²) < 4.78 is 23.6. The number of benzene rings is 2. The molecule has 2 aromatic rings. The number of fused-ring (bicyclic) bond motifs is 1. The van der Waals surface area contributed by atoms with Crippen molar-refractivity contribution in [1.82, 2.24) is 0 Å². The van der Waals surface area contributed by atoms with E-state index in [-0.39, 0.29) is 17.7 Å². The number of ether oxygens (including phenoxy) is 3. The maximum atomic E-state index is 14.1. The topological polar surface area (TPSA) is 105 Å². The maximum absolute atomic E-state index is 14.1. The Bertz CT molecular complexity index is 1220. The highest BCUT2D eigenvalue weighted by Gasteiger charge is 2.87. The highest BCUT2D eigenvalue weighted by atomic mass is 28.4. The number of carbonyl (C=O) groups is 4. The van der Waals surface area contributed by atoms with Crippen LogP contribution in [0, 0.1) is 0 Å². The fourth-order valence-corrected chi connectivity index (χ4v) is 6.56. The van der Waals surface area contributed by atoms with Gasteiger partial charge in [-0.3, -0.25) is 14.4 Å². The molecule has 2 saturated heterocycles. The normalized spacial score (nSPS) is 29.8. The van der Waals surface area contributed by atoms with Gasteiger partial charge in [0.1, 0.15) is 6.61 Å². The van der Waals surface area contributed by atoms with Gasteiger partial charge in [-0.2, -0.15) is 0 Å². The Morgan fingerprint density at radius 3 is 2.21 bits per heavy atom. The first-order valence-corrected chi connectivity index (χ1v) is 14.4. The van der Waals surface area contributed by atoms with E-state index < -0.39 is 61.7 Å². The van der Waals surface area contributed by atoms with Gasteiger partial charge >= 0.3 is 11.9 Å². The minimum Gasteiger partial charge on any atom is -0.459 e. The molecule has 0 aromatic heterocycles. The molecule has 2 aliphatic heterocycles. The first-order chi connectivity index (χ1) is 16.1. The zero-order valence-corrected chi connectivity index (χ0v) is 20.1. The van der Waals surface area contributed by atoms with Gasteiger partial charge in [0.25, 0.3) is 5.60 Å². The van der Waals surface area contributed by atoms with Crippen molar-refractivity contribution in [3.63, 3.8) is 0 Å². The molecule has 176 valence electrons. The van der Waals surface area contributed by atoms with Gasteiger partial charge in [0.15, 0.2) is 13.9 Å². The van der Waals surface area contributed by atoms with Gasteiger partial charge in [-0.1, -0.05) is 54.6 Å². The molecule has 0 saturated carbocycles. The SMILES string of the molecule is C[Si](C)(C)O[C@]12CO[C@@]3(C(=O)OCc4ccccc4)CC(=O)O[C@@]13C(=O)c1ccccc1C2=O. The lowest BCUT2D eigenvalue weighted by Crippen LogP contribution is -2.75. The first-order valence-electron chi connectivity index (χ1n) is 11.0. The lowest BCUT2D eigenvalue weighted by Gasteiger charge is -2.47. The average molecular weight is 481 g/mol. The van der Waals surface area contributed by atoms with Gasteiger partial charge in [0.05, 0.1) is 13.0 Å². The molecular formula is C25H24O8Si. The Morgan fingerprint density at radius 1 is 0.941 bits per heavy atom. The molecule has 0 bridgehead atoms. The Morgan fingerprint density at radius 2 is 1.56 bits per heavy atom. The van der Waals surface area contributed by atoms with Crippen molar-refractivity contribution in [3.8, 4) is 0 Å². The molecule has 8 nitrogen and oxygen atoms in total. The quantitative estimate of drug-likeness (QED) is 0.475. The smallest absolute Gasteiger partial charge is 0.344 e. The molecule has 2 fully saturated rings. The van der Waals surface area contributed by atoms with Crippen LogP contribution in [0.25, 0.3) is 0 Å². The second kappa shape index (κ2) is 7.43. The van der Waals surface area contributed by atoms with E-state index in [1.165, 1.54) is 12.1 Å². The van der Waals surface area contributed by atoms with Crippen LogP contribution in [0.15, 0.2) is 54.6 Å². The molecule has 3 atom stereocenters. The third-order valence-corrected chi connectivity index (χ3v) is 7.41. The van der Waals surface area contributed by atoms with Crippen molar-refractivity contribution in [3.05, 3.63) is 71.3 Å². The van der Waals surface area contributed by atoms with Crippen molar-refractivity contribution in [2.75, 3.05) is 6.61 Å². The minimum absolute atomic E-state index is 0.0581. The van der Waals surface area contributed by atoms with Crippen LogP contribution in [0.2, 0.25) is 19.6 Å². The zero-order chi connectivity index (χ0) is 24.4. The summed E-state index contributed by atoms with van der Waals surface area (Å²) in [4.78, 5) is 54.4. The summed E-state index contributed by atoms with van der Waals surface area (Å²) in [6.07, 6.45) is -0.557. The molecule has 5 rings (SSSR count). The van der Waals surface area contributed by atoms with Crippen molar-refractivity contribution in [2.24, 2.45) is 0 Å². The summed E-state index contributed by atoms with van der Waals surface area (Å²) in [5.74, 6) is -3.01. The number of hydrogen-bond acceptors (Lipinski definition) is 8. The Hall–Kier alpha value is -3.14. The standard InChI is InChI=1S/C25H24O8Si/c1-34(2,3)33-24-15-31-23(22(29)30-14-16-9-5-4-6-10-16)13-19(26)32-25(23,24)21(28)18-12-8-7-11-17(18)20(24)27/h4-12H,13-15H2,1-3H3/t23-,24+,25-/m1/s1. The molecule has 1 spiro atoms. The summed E-state index contributed by atoms with van der Waals surface area (Å²) in [7, 11) is -2.55. The molecule has 34 heavy (non-hydrogen) atoms. The molecule has 2 heterocycles. The van der Waals surface area contributed by atoms with Gasteiger partial charge in [-0.15, -0.1) is 0 Å². The summed E-state index contributed by atoms with van der Waals surface area (Å²) in [6.45, 7) is 5.02. The maximum Gasteiger partial charge on any atom is 0.344 e. The molecule has 3 aliphatic rings. The van der Waals surface area contributed by atoms with Crippen LogP contribution >= 0.6 is 0 Å². The number of hydrogen-bond donors (Lipinski definition) is 0. The molecule has 0 N–H and O–H groups in total. The fraction of sp³-hybridized carbons (Fsp3) is 0.360. The summed E-state index contributed by atoms with van der Waals surface area (Å²) >= 11 is 0. The third-order valence-electron chi connectivity index (χ3n) is 6.45. The largest absolute Gasteiger partial charge is 0.459 e. The number of Topliss-reactive ketones (excluding diaryl/α,β-unsaturated/α-hetero) is 2. The van der Waals surface area contributed by atoms with E-state index in [0.29, 0.717) is 5.56 Å². The van der Waals surface area contributed by atoms with Crippen LogP contribution in [0.1, 0.15) is 32.7 Å². The molecule has 9 heteroatoms. The van der Waals surface area contributed by atoms with E-state index in [1.807, 2.05) is 25.7 Å². The molecule has 0 radical (unpaired) electrons. The van der Waals surface area contributed by atoms with E-state index in [1.54, 1.807) is 36.4 Å². The van der Waals surface area contributed by atoms with Gasteiger partial charge in [0.2, 0.25) is 17.2 Å². The zero-order valence-electron chi connectivity index (χ0n) is 19.1. The van der Waals surface area contributed by atoms with Gasteiger partial charge in [-0.05, 0) is 25.2 Å². The highest BCUT2D eigenvalue weighted by molar-refractivity contribution is 6.70. The minimum atomic E-state index is -2.55. The number of esters is 2. The van der Waals surface area contributed by atoms with Crippen LogP contribution in [-0.4, -0.2) is 55.2 Å². The fourth-order valence-electron chi connectivity index (χ4n) is 5.21. The second-order valence-electron chi connectivity index (χ2n) is 9.75. The van der Waals surface area contributed by atoms with Crippen LogP contribution in [-0.2, 0) is 34.8 Å². The summed E-state index contributed by atoms with van der Waals surface area (Å²) in [6, 6.07) is 15.2. The van der Waals surface area contributed by atoms with Crippen LogP contribution in [0.5, 0.6) is 0 Å². The lowest BCUT2D eigenvalue weighted by atomic mass is 9.62. The molecule has 1 aliphatic carbocycles. The predicted octanol–water partition coefficient (Wildman–Crippen LogP) is 2.85. The average Bonchev–Trinajstić information content (AvgIpc) is 3.26. The Balaban J connectivity index is 1.67. The summed E-state index contributed by atoms with van der Waals surface area (Å²) in [5.41, 5.74) is -5.51. The van der Waals surface area contributed by atoms with Crippen molar-refractivity contribution < 1.29 is 37.8 Å². The van der Waals surface area contributed by atoms with Crippen molar-refractivity contribution in [1.29, 1.82) is 0 Å². The van der Waals surface area contributed by atoms with Crippen LogP contribution in [0.4, 0.5) is 0 Å². The van der Waals surface area contributed by atoms with Gasteiger partial charge in [-0.25, -0.2) is 4.79 Å². The monoisotopic (exact) mass is 480 g/mol. The third kappa shape index (κ3) is 2.90. The van der Waals surface area contributed by atoms with Crippen molar-refractivity contribution >= 4 is 31.8 Å². The van der Waals surface area contributed by atoms with Crippen LogP contribution in [0.3, 0.4) is 0 Å². The molecule has 2 aromatic carbocycles. The van der Waals surface area contributed by atoms with E-state index in [9.17, 15) is 19.2 Å². The molecular weight excluding hydrogens is 456 g/mol. The first kappa shape index (κ1) is 22.6.